The van der Waals surface area contributed by atoms with Crippen LogP contribution in [0.15, 0.2) is 67.8 Å². The first-order valence-electron chi connectivity index (χ1n) is 10.0. The fourth-order valence-electron chi connectivity index (χ4n) is 3.22. The van der Waals surface area contributed by atoms with Crippen LogP contribution in [0, 0.1) is 0 Å². The van der Waals surface area contributed by atoms with Gasteiger partial charge in [0.1, 0.15) is 16.3 Å². The predicted molar refractivity (Wildman–Crippen MR) is 157 cm³/mol. The molecule has 1 aliphatic heterocycles. The molecule has 0 unspecified atom stereocenters. The standard InChI is InChI=1S/C21H18N4O10S2.5Na/c1-11(26)18-14(20(28)23-22-18)6-4-3-5-7-15-19(12(2)27)24-25(21(15)29)16-10-13(36(30,31)32)8-9-17(16)37(33,34)35;;;;;/h3-10,24H,1-2H3,(H,23,28)(H,30,31,32)(H,33,34,35);;;;;. The number of hydrogen-bond acceptors (Lipinski definition) is 9. The molecule has 199 valence electrons. The molecule has 5 radical (unpaired) electrons. The minimum Gasteiger partial charge on any atom is -0.293 e. The number of allylic oxidation sites excluding steroid dienone is 4. The molecule has 2 aromatic rings. The van der Waals surface area contributed by atoms with E-state index < -0.39 is 58.7 Å². The quantitative estimate of drug-likeness (QED) is 0.0843. The van der Waals surface area contributed by atoms with Crippen LogP contribution >= 0.6 is 0 Å². The second-order valence-corrected chi connectivity index (χ2v) is 10.3. The van der Waals surface area contributed by atoms with Gasteiger partial charge in [0, 0.05) is 162 Å². The van der Waals surface area contributed by atoms with E-state index in [1.807, 2.05) is 0 Å². The van der Waals surface area contributed by atoms with Crippen LogP contribution in [-0.4, -0.2) is 207 Å². The van der Waals surface area contributed by atoms with E-state index in [-0.39, 0.29) is 170 Å². The summed E-state index contributed by atoms with van der Waals surface area (Å²) in [5.41, 5.74) is -0.104. The molecule has 1 aliphatic rings. The van der Waals surface area contributed by atoms with Crippen molar-refractivity contribution >= 4 is 197 Å². The van der Waals surface area contributed by atoms with Gasteiger partial charge in [-0.2, -0.15) is 21.9 Å². The number of nitrogens with zero attached hydrogens (tertiary/aromatic N) is 2. The maximum atomic E-state index is 13.1. The Morgan fingerprint density at radius 2 is 1.48 bits per heavy atom. The Balaban J connectivity index is -0.00000304. The van der Waals surface area contributed by atoms with E-state index in [9.17, 15) is 45.1 Å². The summed E-state index contributed by atoms with van der Waals surface area (Å²) in [6, 6.07) is 1.99. The predicted octanol–water partition coefficient (Wildman–Crippen LogP) is -1.47. The van der Waals surface area contributed by atoms with E-state index in [1.54, 1.807) is 0 Å². The fourth-order valence-corrected chi connectivity index (χ4v) is 4.37. The molecule has 1 amide bonds. The molecule has 21 heteroatoms. The van der Waals surface area contributed by atoms with Crippen molar-refractivity contribution in [2.45, 2.75) is 23.6 Å². The number of aromatic amines is 1. The zero-order chi connectivity index (χ0) is 27.7. The van der Waals surface area contributed by atoms with Gasteiger partial charge in [0.15, 0.2) is 11.6 Å². The summed E-state index contributed by atoms with van der Waals surface area (Å²) < 4.78 is 66.1. The second-order valence-electron chi connectivity index (χ2n) is 7.46. The van der Waals surface area contributed by atoms with Gasteiger partial charge >= 0.3 is 0 Å². The summed E-state index contributed by atoms with van der Waals surface area (Å²) in [6.45, 7) is 2.34. The van der Waals surface area contributed by atoms with Gasteiger partial charge in [0.25, 0.3) is 31.7 Å². The zero-order valence-electron chi connectivity index (χ0n) is 24.0. The largest absolute Gasteiger partial charge is 0.296 e. The molecule has 2 heterocycles. The third-order valence-electron chi connectivity index (χ3n) is 4.88. The van der Waals surface area contributed by atoms with Crippen LogP contribution < -0.4 is 11.0 Å². The summed E-state index contributed by atoms with van der Waals surface area (Å²) in [5, 5.41) is 5.99. The molecule has 1 aromatic carbocycles. The monoisotopic (exact) mass is 665 g/mol. The molecule has 3 rings (SSSR count). The number of ketones is 2. The van der Waals surface area contributed by atoms with Crippen molar-refractivity contribution in [1.82, 2.24) is 15.2 Å². The van der Waals surface area contributed by atoms with Crippen LogP contribution in [0.4, 0.5) is 0 Å². The molecule has 0 saturated heterocycles. The van der Waals surface area contributed by atoms with E-state index in [1.165, 1.54) is 37.3 Å². The Bertz CT molecular complexity index is 1760. The van der Waals surface area contributed by atoms with Gasteiger partial charge in [0.2, 0.25) is 0 Å². The third-order valence-corrected chi connectivity index (χ3v) is 6.63. The molecule has 0 aliphatic carbocycles. The van der Waals surface area contributed by atoms with Gasteiger partial charge < -0.3 is 0 Å². The number of Topliss-reactive ketones (excluding diaryl/α,β-unsaturated/α-hetero) is 2. The molecule has 0 bridgehead atoms. The van der Waals surface area contributed by atoms with E-state index >= 15 is 0 Å². The van der Waals surface area contributed by atoms with Crippen molar-refractivity contribution in [3.63, 3.8) is 0 Å². The van der Waals surface area contributed by atoms with Crippen molar-refractivity contribution < 1.29 is 40.3 Å². The van der Waals surface area contributed by atoms with Crippen molar-refractivity contribution in [2.24, 2.45) is 5.10 Å². The van der Waals surface area contributed by atoms with E-state index in [4.69, 9.17) is 0 Å². The summed E-state index contributed by atoms with van der Waals surface area (Å²) in [5.74, 6) is -1.67. The van der Waals surface area contributed by atoms with Gasteiger partial charge in [0.05, 0.1) is 21.7 Å². The molecule has 0 saturated carbocycles. The Morgan fingerprint density at radius 3 is 1.98 bits per heavy atom. The number of aromatic nitrogens is 2. The van der Waals surface area contributed by atoms with Crippen LogP contribution in [0.5, 0.6) is 0 Å². The van der Waals surface area contributed by atoms with Gasteiger partial charge in [-0.1, -0.05) is 18.2 Å². The molecule has 42 heavy (non-hydrogen) atoms. The Hall–Kier alpha value is 0.750. The minimum absolute atomic E-state index is 0. The average Bonchev–Trinajstić information content (AvgIpc) is 3.32. The smallest absolute Gasteiger partial charge is 0.293 e. The van der Waals surface area contributed by atoms with Gasteiger partial charge in [-0.3, -0.25) is 33.4 Å². The van der Waals surface area contributed by atoms with Crippen LogP contribution in [0.1, 0.15) is 29.9 Å². The first kappa shape index (κ1) is 47.2. The Kier molecular flexibility index (Phi) is 21.8. The van der Waals surface area contributed by atoms with Crippen molar-refractivity contribution in [3.05, 3.63) is 69.7 Å². The van der Waals surface area contributed by atoms with Crippen LogP contribution in [0.3, 0.4) is 0 Å². The molecule has 14 nitrogen and oxygen atoms in total. The number of amides is 1. The van der Waals surface area contributed by atoms with E-state index in [2.05, 4.69) is 15.6 Å². The van der Waals surface area contributed by atoms with Crippen molar-refractivity contribution in [3.8, 4) is 5.69 Å². The molecular formula is C21H18N4Na5O10S2. The normalized spacial score (nSPS) is 13.7. The number of hydrogen-bond donors (Lipinski definition) is 4. The topological polar surface area (TPSA) is 222 Å². The molecule has 0 fully saturated rings. The summed E-state index contributed by atoms with van der Waals surface area (Å²) in [6.07, 6.45) is 6.50. The summed E-state index contributed by atoms with van der Waals surface area (Å²) >= 11 is 0. The molecule has 4 N–H and O–H groups in total. The molecule has 0 spiro atoms. The van der Waals surface area contributed by atoms with Gasteiger partial charge in [-0.15, -0.1) is 0 Å². The first-order chi connectivity index (χ1) is 17.1. The molecular weight excluding hydrogens is 647 g/mol. The Labute approximate surface area is 351 Å². The van der Waals surface area contributed by atoms with Crippen molar-refractivity contribution in [2.75, 3.05) is 0 Å². The number of benzene rings is 1. The average molecular weight is 665 g/mol. The first-order valence-corrected chi connectivity index (χ1v) is 12.9. The van der Waals surface area contributed by atoms with Gasteiger partial charge in [-0.05, 0) is 30.4 Å². The number of hydrazone groups is 1. The van der Waals surface area contributed by atoms with E-state index in [0.29, 0.717) is 22.9 Å². The molecule has 1 aromatic heterocycles. The van der Waals surface area contributed by atoms with Crippen LogP contribution in [0.25, 0.3) is 11.8 Å². The maximum Gasteiger partial charge on any atom is 0.296 e. The van der Waals surface area contributed by atoms with Gasteiger partial charge in [-0.25, -0.2) is 10.1 Å². The molecule has 0 atom stereocenters. The van der Waals surface area contributed by atoms with E-state index in [0.717, 1.165) is 6.92 Å². The van der Waals surface area contributed by atoms with Crippen molar-refractivity contribution in [1.29, 1.82) is 0 Å². The minimum atomic E-state index is -4.98. The number of H-pyrrole nitrogens is 1. The fraction of sp³-hybridized carbons (Fsp3) is 0.0952. The number of carbonyl (C=O) groups excluding carboxylic acids is 3. The summed E-state index contributed by atoms with van der Waals surface area (Å²) in [7, 11) is -9.80. The number of rotatable bonds is 8. The Morgan fingerprint density at radius 1 is 0.881 bits per heavy atom. The number of carbonyl (C=O) groups is 3. The zero-order valence-corrected chi connectivity index (χ0v) is 35.6. The SMILES string of the molecule is CC(=O)C1=NNC(=O)C1=CC=CC=Cc1c(C(C)=O)[nH]n(-c2cc(S(=O)(=O)O)ccc2S(=O)(=O)O)c1=O.[Na].[Na].[Na].[Na].[Na]. The number of nitrogens with one attached hydrogen (secondary N) is 2. The van der Waals surface area contributed by atoms with Crippen LogP contribution in [-0.2, 0) is 29.8 Å². The second kappa shape index (κ2) is 19.4. The van der Waals surface area contributed by atoms with Crippen LogP contribution in [0.2, 0.25) is 0 Å². The third kappa shape index (κ3) is 11.5. The maximum absolute atomic E-state index is 13.1. The summed E-state index contributed by atoms with van der Waals surface area (Å²) in [4.78, 5) is 46.8.